The molecule has 1 fully saturated rings. The van der Waals surface area contributed by atoms with E-state index < -0.39 is 10.1 Å². The Kier molecular flexibility index (Phi) is 5.44. The Morgan fingerprint density at radius 1 is 1.14 bits per heavy atom. The monoisotopic (exact) mass is 310 g/mol. The third-order valence-electron chi connectivity index (χ3n) is 4.35. The van der Waals surface area contributed by atoms with Gasteiger partial charge in [0.25, 0.3) is 10.1 Å². The van der Waals surface area contributed by atoms with Gasteiger partial charge >= 0.3 is 0 Å². The number of hydrogen-bond donors (Lipinski definition) is 0. The van der Waals surface area contributed by atoms with Crippen LogP contribution < -0.4 is 0 Å². The van der Waals surface area contributed by atoms with E-state index in [9.17, 15) is 8.42 Å². The molecular formula is C17H26O3S. The predicted molar refractivity (Wildman–Crippen MR) is 84.8 cm³/mol. The maximum atomic E-state index is 12.4. The molecule has 0 bridgehead atoms. The standard InChI is InChI=1S/C17H26O3S/c1-4-5-15-7-9-16(10-8-15)20-21(18,19)17-11-6-13(2)12-14(17)3/h6,11-12,15-16H,4-5,7-10H2,1-3H3/t15-,16-. The first-order valence-electron chi connectivity index (χ1n) is 7.93. The Morgan fingerprint density at radius 3 is 2.38 bits per heavy atom. The highest BCUT2D eigenvalue weighted by atomic mass is 32.2. The van der Waals surface area contributed by atoms with Crippen molar-refractivity contribution in [2.24, 2.45) is 5.92 Å². The Balaban J connectivity index is 2.02. The molecule has 1 saturated carbocycles. The van der Waals surface area contributed by atoms with E-state index in [1.807, 2.05) is 26.0 Å². The van der Waals surface area contributed by atoms with Crippen molar-refractivity contribution in [1.82, 2.24) is 0 Å². The van der Waals surface area contributed by atoms with Crippen LogP contribution in [0.1, 0.15) is 56.6 Å². The van der Waals surface area contributed by atoms with Crippen LogP contribution in [0.25, 0.3) is 0 Å². The van der Waals surface area contributed by atoms with Crippen molar-refractivity contribution in [3.8, 4) is 0 Å². The summed E-state index contributed by atoms with van der Waals surface area (Å²) in [6.07, 6.45) is 6.18. The van der Waals surface area contributed by atoms with Crippen LogP contribution in [-0.4, -0.2) is 14.5 Å². The number of rotatable bonds is 5. The normalized spacial score (nSPS) is 23.2. The number of benzene rings is 1. The van der Waals surface area contributed by atoms with E-state index in [4.69, 9.17) is 4.18 Å². The average molecular weight is 310 g/mol. The van der Waals surface area contributed by atoms with Crippen LogP contribution in [0.5, 0.6) is 0 Å². The molecule has 0 spiro atoms. The molecule has 1 aliphatic rings. The summed E-state index contributed by atoms with van der Waals surface area (Å²) < 4.78 is 30.3. The van der Waals surface area contributed by atoms with Gasteiger partial charge in [-0.25, -0.2) is 0 Å². The van der Waals surface area contributed by atoms with Crippen LogP contribution in [0.2, 0.25) is 0 Å². The summed E-state index contributed by atoms with van der Waals surface area (Å²) in [4.78, 5) is 0.309. The summed E-state index contributed by atoms with van der Waals surface area (Å²) in [5.41, 5.74) is 1.82. The summed E-state index contributed by atoms with van der Waals surface area (Å²) in [6.45, 7) is 5.98. The van der Waals surface area contributed by atoms with E-state index in [0.717, 1.165) is 42.7 Å². The van der Waals surface area contributed by atoms with Crippen LogP contribution in [0.3, 0.4) is 0 Å². The summed E-state index contributed by atoms with van der Waals surface area (Å²) in [6, 6.07) is 5.36. The lowest BCUT2D eigenvalue weighted by molar-refractivity contribution is 0.134. The minimum atomic E-state index is -3.64. The Bertz CT molecular complexity index is 570. The third-order valence-corrected chi connectivity index (χ3v) is 5.88. The van der Waals surface area contributed by atoms with Crippen molar-refractivity contribution >= 4 is 10.1 Å². The molecule has 1 aromatic rings. The maximum Gasteiger partial charge on any atom is 0.297 e. The maximum absolute atomic E-state index is 12.4. The molecule has 0 amide bonds. The third kappa shape index (κ3) is 4.30. The van der Waals surface area contributed by atoms with E-state index in [1.54, 1.807) is 6.07 Å². The van der Waals surface area contributed by atoms with Gasteiger partial charge in [-0.2, -0.15) is 8.42 Å². The van der Waals surface area contributed by atoms with Crippen molar-refractivity contribution in [1.29, 1.82) is 0 Å². The average Bonchev–Trinajstić information content (AvgIpc) is 2.40. The van der Waals surface area contributed by atoms with Crippen molar-refractivity contribution in [2.75, 3.05) is 0 Å². The van der Waals surface area contributed by atoms with Crippen molar-refractivity contribution in [3.05, 3.63) is 29.3 Å². The summed E-state index contributed by atoms with van der Waals surface area (Å²) in [7, 11) is -3.64. The fourth-order valence-electron chi connectivity index (χ4n) is 3.24. The van der Waals surface area contributed by atoms with Crippen LogP contribution in [-0.2, 0) is 14.3 Å². The second kappa shape index (κ2) is 6.93. The second-order valence-corrected chi connectivity index (χ2v) is 7.79. The molecule has 3 nitrogen and oxygen atoms in total. The molecule has 0 atom stereocenters. The fraction of sp³-hybridized carbons (Fsp3) is 0.647. The lowest BCUT2D eigenvalue weighted by Crippen LogP contribution is -2.25. The molecule has 0 aliphatic heterocycles. The van der Waals surface area contributed by atoms with Gasteiger partial charge in [-0.1, -0.05) is 37.5 Å². The minimum Gasteiger partial charge on any atom is -0.263 e. The SMILES string of the molecule is CCC[C@H]1CC[C@H](OS(=O)(=O)c2ccc(C)cc2C)CC1. The van der Waals surface area contributed by atoms with Gasteiger partial charge < -0.3 is 0 Å². The van der Waals surface area contributed by atoms with Gasteiger partial charge in [-0.3, -0.25) is 4.18 Å². The van der Waals surface area contributed by atoms with E-state index >= 15 is 0 Å². The molecular weight excluding hydrogens is 284 g/mol. The van der Waals surface area contributed by atoms with Gasteiger partial charge in [0.2, 0.25) is 0 Å². The zero-order valence-corrected chi connectivity index (χ0v) is 14.1. The van der Waals surface area contributed by atoms with Gasteiger partial charge in [-0.05, 0) is 57.1 Å². The molecule has 0 N–H and O–H groups in total. The molecule has 0 heterocycles. The highest BCUT2D eigenvalue weighted by Gasteiger charge is 2.27. The molecule has 0 aromatic heterocycles. The van der Waals surface area contributed by atoms with E-state index in [2.05, 4.69) is 6.92 Å². The largest absolute Gasteiger partial charge is 0.297 e. The predicted octanol–water partition coefficient (Wildman–Crippen LogP) is 4.37. The fourth-order valence-corrected chi connectivity index (χ4v) is 4.58. The van der Waals surface area contributed by atoms with Crippen LogP contribution in [0.15, 0.2) is 23.1 Å². The van der Waals surface area contributed by atoms with E-state index in [1.165, 1.54) is 12.8 Å². The van der Waals surface area contributed by atoms with Crippen LogP contribution in [0.4, 0.5) is 0 Å². The van der Waals surface area contributed by atoms with Crippen LogP contribution >= 0.6 is 0 Å². The lowest BCUT2D eigenvalue weighted by Gasteiger charge is -2.28. The van der Waals surface area contributed by atoms with Crippen LogP contribution in [0, 0.1) is 19.8 Å². The Labute approximate surface area is 128 Å². The highest BCUT2D eigenvalue weighted by molar-refractivity contribution is 7.86. The molecule has 1 aromatic carbocycles. The van der Waals surface area contributed by atoms with Crippen molar-refractivity contribution in [2.45, 2.75) is 70.3 Å². The van der Waals surface area contributed by atoms with Gasteiger partial charge in [0.15, 0.2) is 0 Å². The first-order chi connectivity index (χ1) is 9.92. The molecule has 0 saturated heterocycles. The first-order valence-corrected chi connectivity index (χ1v) is 9.33. The van der Waals surface area contributed by atoms with E-state index in [0.29, 0.717) is 4.90 Å². The first kappa shape index (κ1) is 16.5. The topological polar surface area (TPSA) is 43.4 Å². The quantitative estimate of drug-likeness (QED) is 0.759. The van der Waals surface area contributed by atoms with Gasteiger partial charge in [0.05, 0.1) is 11.0 Å². The zero-order valence-electron chi connectivity index (χ0n) is 13.3. The summed E-state index contributed by atoms with van der Waals surface area (Å²) >= 11 is 0. The van der Waals surface area contributed by atoms with E-state index in [-0.39, 0.29) is 6.10 Å². The molecule has 2 rings (SSSR count). The van der Waals surface area contributed by atoms with Gasteiger partial charge in [0, 0.05) is 0 Å². The van der Waals surface area contributed by atoms with Gasteiger partial charge in [-0.15, -0.1) is 0 Å². The smallest absolute Gasteiger partial charge is 0.263 e. The zero-order chi connectivity index (χ0) is 15.5. The van der Waals surface area contributed by atoms with Crippen molar-refractivity contribution in [3.63, 3.8) is 0 Å². The van der Waals surface area contributed by atoms with Crippen molar-refractivity contribution < 1.29 is 12.6 Å². The lowest BCUT2D eigenvalue weighted by atomic mass is 9.85. The molecule has 1 aliphatic carbocycles. The Hall–Kier alpha value is -0.870. The molecule has 0 radical (unpaired) electrons. The highest BCUT2D eigenvalue weighted by Crippen LogP contribution is 2.31. The molecule has 0 unspecified atom stereocenters. The summed E-state index contributed by atoms with van der Waals surface area (Å²) in [5.74, 6) is 0.749. The molecule has 21 heavy (non-hydrogen) atoms. The minimum absolute atomic E-state index is 0.149. The number of aryl methyl sites for hydroxylation is 2. The second-order valence-electron chi connectivity index (χ2n) is 6.25. The van der Waals surface area contributed by atoms with Gasteiger partial charge in [0.1, 0.15) is 0 Å². The summed E-state index contributed by atoms with van der Waals surface area (Å²) in [5, 5.41) is 0. The molecule has 118 valence electrons. The molecule has 4 heteroatoms. The number of hydrogen-bond acceptors (Lipinski definition) is 3. The Morgan fingerprint density at radius 2 is 1.81 bits per heavy atom.